The second kappa shape index (κ2) is 5.43. The van der Waals surface area contributed by atoms with Crippen molar-refractivity contribution in [3.05, 3.63) is 28.2 Å². The summed E-state index contributed by atoms with van der Waals surface area (Å²) in [6, 6.07) is 6.01. The zero-order chi connectivity index (χ0) is 13.3. The van der Waals surface area contributed by atoms with E-state index in [1.165, 1.54) is 6.42 Å². The molecule has 1 aromatic rings. The van der Waals surface area contributed by atoms with E-state index in [2.05, 4.69) is 40.7 Å². The lowest BCUT2D eigenvalue weighted by Gasteiger charge is -2.37. The molecule has 0 spiro atoms. The molecule has 1 aliphatic rings. The van der Waals surface area contributed by atoms with E-state index in [0.717, 1.165) is 34.7 Å². The summed E-state index contributed by atoms with van der Waals surface area (Å²) < 4.78 is 0.967. The van der Waals surface area contributed by atoms with E-state index in [1.807, 2.05) is 12.1 Å². The lowest BCUT2D eigenvalue weighted by Crippen LogP contribution is -2.39. The van der Waals surface area contributed by atoms with E-state index >= 15 is 0 Å². The summed E-state index contributed by atoms with van der Waals surface area (Å²) in [6.45, 7) is 8.34. The zero-order valence-electron chi connectivity index (χ0n) is 11.2. The average Bonchev–Trinajstić information content (AvgIpc) is 2.32. The van der Waals surface area contributed by atoms with E-state index in [1.54, 1.807) is 6.92 Å². The first kappa shape index (κ1) is 13.6. The summed E-state index contributed by atoms with van der Waals surface area (Å²) >= 11 is 3.44. The number of hydrogen-bond donors (Lipinski definition) is 0. The van der Waals surface area contributed by atoms with E-state index < -0.39 is 0 Å². The van der Waals surface area contributed by atoms with E-state index in [-0.39, 0.29) is 5.78 Å². The molecular weight excluding hydrogens is 290 g/mol. The number of Topliss-reactive ketones (excluding diaryl/α,β-unsaturated/α-hetero) is 1. The number of halogens is 1. The van der Waals surface area contributed by atoms with Crippen LogP contribution in [0.25, 0.3) is 0 Å². The van der Waals surface area contributed by atoms with Gasteiger partial charge in [-0.3, -0.25) is 4.79 Å². The fraction of sp³-hybridized carbons (Fsp3) is 0.533. The van der Waals surface area contributed by atoms with Crippen molar-refractivity contribution in [1.29, 1.82) is 0 Å². The van der Waals surface area contributed by atoms with Gasteiger partial charge in [0, 0.05) is 28.8 Å². The first-order valence-electron chi connectivity index (χ1n) is 6.54. The van der Waals surface area contributed by atoms with Gasteiger partial charge in [0.25, 0.3) is 0 Å². The third-order valence-electron chi connectivity index (χ3n) is 4.01. The molecule has 0 saturated carbocycles. The van der Waals surface area contributed by atoms with Gasteiger partial charge in [-0.2, -0.15) is 0 Å². The summed E-state index contributed by atoms with van der Waals surface area (Å²) in [7, 11) is 0. The van der Waals surface area contributed by atoms with Crippen LogP contribution in [0.15, 0.2) is 22.7 Å². The van der Waals surface area contributed by atoms with Crippen LogP contribution < -0.4 is 4.90 Å². The van der Waals surface area contributed by atoms with Gasteiger partial charge in [0.05, 0.1) is 0 Å². The van der Waals surface area contributed by atoms with E-state index in [4.69, 9.17) is 0 Å². The molecule has 18 heavy (non-hydrogen) atoms. The number of ketones is 1. The van der Waals surface area contributed by atoms with Crippen LogP contribution in [0.5, 0.6) is 0 Å². The van der Waals surface area contributed by atoms with Crippen molar-refractivity contribution in [2.45, 2.75) is 27.2 Å². The third-order valence-corrected chi connectivity index (χ3v) is 4.51. The second-order valence-electron chi connectivity index (χ2n) is 5.41. The van der Waals surface area contributed by atoms with Crippen molar-refractivity contribution < 1.29 is 4.79 Å². The SMILES string of the molecule is CC(=O)c1cc(Br)ccc1N1CCC(C)C(C)C1. The van der Waals surface area contributed by atoms with Crippen LogP contribution in [0, 0.1) is 11.8 Å². The van der Waals surface area contributed by atoms with Crippen molar-refractivity contribution in [2.75, 3.05) is 18.0 Å². The minimum absolute atomic E-state index is 0.137. The van der Waals surface area contributed by atoms with Gasteiger partial charge in [-0.1, -0.05) is 29.8 Å². The Labute approximate surface area is 117 Å². The van der Waals surface area contributed by atoms with Crippen LogP contribution in [-0.4, -0.2) is 18.9 Å². The molecule has 0 amide bonds. The minimum Gasteiger partial charge on any atom is -0.371 e. The fourth-order valence-corrected chi connectivity index (χ4v) is 2.91. The van der Waals surface area contributed by atoms with Crippen molar-refractivity contribution in [3.63, 3.8) is 0 Å². The number of piperidine rings is 1. The standard InChI is InChI=1S/C15H20BrNO/c1-10-6-7-17(9-11(10)2)15-5-4-13(16)8-14(15)12(3)18/h4-5,8,10-11H,6-7,9H2,1-3H3. The van der Waals surface area contributed by atoms with Gasteiger partial charge in [0.2, 0.25) is 0 Å². The predicted molar refractivity (Wildman–Crippen MR) is 79.3 cm³/mol. The second-order valence-corrected chi connectivity index (χ2v) is 6.32. The first-order valence-corrected chi connectivity index (χ1v) is 7.33. The Morgan fingerprint density at radius 2 is 2.06 bits per heavy atom. The van der Waals surface area contributed by atoms with Crippen LogP contribution in [0.1, 0.15) is 37.6 Å². The molecule has 1 aliphatic heterocycles. The number of rotatable bonds is 2. The highest BCUT2D eigenvalue weighted by Gasteiger charge is 2.24. The van der Waals surface area contributed by atoms with E-state index in [0.29, 0.717) is 5.92 Å². The summed E-state index contributed by atoms with van der Waals surface area (Å²) in [5, 5.41) is 0. The summed E-state index contributed by atoms with van der Waals surface area (Å²) in [5.74, 6) is 1.59. The molecule has 1 fully saturated rings. The average molecular weight is 310 g/mol. The van der Waals surface area contributed by atoms with Gasteiger partial charge >= 0.3 is 0 Å². The molecule has 2 atom stereocenters. The van der Waals surface area contributed by atoms with Crippen LogP contribution >= 0.6 is 15.9 Å². The highest BCUT2D eigenvalue weighted by Crippen LogP contribution is 2.31. The molecule has 3 heteroatoms. The molecule has 1 aromatic carbocycles. The smallest absolute Gasteiger partial charge is 0.161 e. The highest BCUT2D eigenvalue weighted by molar-refractivity contribution is 9.10. The molecule has 2 nitrogen and oxygen atoms in total. The minimum atomic E-state index is 0.137. The maximum absolute atomic E-state index is 11.8. The lowest BCUT2D eigenvalue weighted by atomic mass is 9.88. The first-order chi connectivity index (χ1) is 8.49. The molecule has 0 aromatic heterocycles. The summed E-state index contributed by atoms with van der Waals surface area (Å²) in [6.07, 6.45) is 1.20. The molecule has 2 rings (SSSR count). The maximum atomic E-state index is 11.8. The normalized spacial score (nSPS) is 24.1. The van der Waals surface area contributed by atoms with Gasteiger partial charge in [-0.15, -0.1) is 0 Å². The number of anilines is 1. The summed E-state index contributed by atoms with van der Waals surface area (Å²) in [4.78, 5) is 14.1. The lowest BCUT2D eigenvalue weighted by molar-refractivity contribution is 0.101. The molecular formula is C15H20BrNO. The molecule has 2 unspecified atom stereocenters. The monoisotopic (exact) mass is 309 g/mol. The number of nitrogens with zero attached hydrogens (tertiary/aromatic N) is 1. The number of carbonyl (C=O) groups is 1. The Hall–Kier alpha value is -0.830. The Morgan fingerprint density at radius 1 is 1.33 bits per heavy atom. The largest absolute Gasteiger partial charge is 0.371 e. The molecule has 1 heterocycles. The van der Waals surface area contributed by atoms with E-state index in [9.17, 15) is 4.79 Å². The Bertz CT molecular complexity index is 458. The Kier molecular flexibility index (Phi) is 4.10. The quantitative estimate of drug-likeness (QED) is 0.765. The number of hydrogen-bond acceptors (Lipinski definition) is 2. The molecule has 0 radical (unpaired) electrons. The Morgan fingerprint density at radius 3 is 2.67 bits per heavy atom. The van der Waals surface area contributed by atoms with Crippen molar-refractivity contribution in [2.24, 2.45) is 11.8 Å². The van der Waals surface area contributed by atoms with Gasteiger partial charge < -0.3 is 4.90 Å². The van der Waals surface area contributed by atoms with Crippen LogP contribution in [0.4, 0.5) is 5.69 Å². The third kappa shape index (κ3) is 2.77. The van der Waals surface area contributed by atoms with Gasteiger partial charge in [-0.25, -0.2) is 0 Å². The van der Waals surface area contributed by atoms with Crippen LogP contribution in [0.3, 0.4) is 0 Å². The zero-order valence-corrected chi connectivity index (χ0v) is 12.8. The van der Waals surface area contributed by atoms with Crippen LogP contribution in [0.2, 0.25) is 0 Å². The van der Waals surface area contributed by atoms with Crippen molar-refractivity contribution in [1.82, 2.24) is 0 Å². The van der Waals surface area contributed by atoms with Gasteiger partial charge in [-0.05, 0) is 43.4 Å². The van der Waals surface area contributed by atoms with Crippen molar-refractivity contribution >= 4 is 27.4 Å². The molecule has 1 saturated heterocycles. The highest BCUT2D eigenvalue weighted by atomic mass is 79.9. The predicted octanol–water partition coefficient (Wildman–Crippen LogP) is 4.13. The number of carbonyl (C=O) groups excluding carboxylic acids is 1. The van der Waals surface area contributed by atoms with Crippen molar-refractivity contribution in [3.8, 4) is 0 Å². The molecule has 0 N–H and O–H groups in total. The summed E-state index contributed by atoms with van der Waals surface area (Å²) in [5.41, 5.74) is 1.91. The van der Waals surface area contributed by atoms with Gasteiger partial charge in [0.1, 0.15) is 0 Å². The molecule has 0 bridgehead atoms. The van der Waals surface area contributed by atoms with Crippen LogP contribution in [-0.2, 0) is 0 Å². The molecule has 98 valence electrons. The Balaban J connectivity index is 2.30. The fourth-order valence-electron chi connectivity index (χ4n) is 2.55. The molecule has 0 aliphatic carbocycles. The topological polar surface area (TPSA) is 20.3 Å². The maximum Gasteiger partial charge on any atom is 0.161 e. The number of benzene rings is 1. The van der Waals surface area contributed by atoms with Gasteiger partial charge in [0.15, 0.2) is 5.78 Å².